The van der Waals surface area contributed by atoms with E-state index in [2.05, 4.69) is 5.10 Å². The smallest absolute Gasteiger partial charge is 0.398 e. The molecule has 0 amide bonds. The fourth-order valence-electron chi connectivity index (χ4n) is 1.80. The molecule has 1 aromatic heterocycles. The number of halogens is 4. The quantitative estimate of drug-likeness (QED) is 0.813. The van der Waals surface area contributed by atoms with E-state index in [1.807, 2.05) is 0 Å². The zero-order valence-electron chi connectivity index (χ0n) is 10.2. The van der Waals surface area contributed by atoms with E-state index in [9.17, 15) is 13.2 Å². The van der Waals surface area contributed by atoms with Crippen LogP contribution in [0.5, 0.6) is 0 Å². The fraction of sp³-hybridized carbons (Fsp3) is 0.250. The molecule has 0 spiro atoms. The molecule has 2 aromatic rings. The van der Waals surface area contributed by atoms with E-state index in [0.29, 0.717) is 16.4 Å². The average molecular weight is 290 g/mol. The third-order valence-electron chi connectivity index (χ3n) is 2.79. The van der Waals surface area contributed by atoms with Gasteiger partial charge >= 0.3 is 6.18 Å². The highest BCUT2D eigenvalue weighted by Gasteiger charge is 2.33. The molecular formula is C12H11ClF3N3. The zero-order chi connectivity index (χ0) is 14.4. The molecule has 0 radical (unpaired) electrons. The first kappa shape index (κ1) is 13.7. The van der Waals surface area contributed by atoms with E-state index in [1.165, 1.54) is 16.8 Å². The summed E-state index contributed by atoms with van der Waals surface area (Å²) in [6.07, 6.45) is -4.50. The van der Waals surface area contributed by atoms with Gasteiger partial charge in [-0.1, -0.05) is 11.6 Å². The summed E-state index contributed by atoms with van der Waals surface area (Å²) in [4.78, 5) is 0. The molecular weight excluding hydrogens is 279 g/mol. The zero-order valence-corrected chi connectivity index (χ0v) is 11.0. The van der Waals surface area contributed by atoms with Crippen LogP contribution in [0.4, 0.5) is 18.9 Å². The van der Waals surface area contributed by atoms with Gasteiger partial charge in [-0.3, -0.25) is 0 Å². The monoisotopic (exact) mass is 289 g/mol. The largest absolute Gasteiger partial charge is 0.418 e. The number of alkyl halides is 3. The van der Waals surface area contributed by atoms with Crippen LogP contribution < -0.4 is 5.73 Å². The van der Waals surface area contributed by atoms with Crippen LogP contribution in [0.25, 0.3) is 5.69 Å². The van der Waals surface area contributed by atoms with Crippen LogP contribution in [0.1, 0.15) is 17.0 Å². The Bertz CT molecular complexity index is 632. The lowest BCUT2D eigenvalue weighted by Gasteiger charge is -2.12. The summed E-state index contributed by atoms with van der Waals surface area (Å²) < 4.78 is 39.7. The Labute approximate surface area is 112 Å². The Morgan fingerprint density at radius 2 is 1.89 bits per heavy atom. The van der Waals surface area contributed by atoms with Crippen molar-refractivity contribution < 1.29 is 13.2 Å². The maximum atomic E-state index is 12.8. The highest BCUT2D eigenvalue weighted by molar-refractivity contribution is 6.31. The van der Waals surface area contributed by atoms with Gasteiger partial charge in [0.1, 0.15) is 0 Å². The second kappa shape index (κ2) is 4.45. The lowest BCUT2D eigenvalue weighted by molar-refractivity contribution is -0.136. The Hall–Kier alpha value is -1.69. The van der Waals surface area contributed by atoms with Crippen LogP contribution in [0.2, 0.25) is 5.02 Å². The van der Waals surface area contributed by atoms with Gasteiger partial charge in [0, 0.05) is 5.69 Å². The Balaban J connectivity index is 2.61. The molecule has 2 N–H and O–H groups in total. The fourth-order valence-corrected chi connectivity index (χ4v) is 1.91. The van der Waals surface area contributed by atoms with E-state index < -0.39 is 11.7 Å². The normalized spacial score (nSPS) is 11.9. The van der Waals surface area contributed by atoms with E-state index >= 15 is 0 Å². The minimum absolute atomic E-state index is 0.272. The summed E-state index contributed by atoms with van der Waals surface area (Å²) in [5.74, 6) is 0. The highest BCUT2D eigenvalue weighted by atomic mass is 35.5. The molecule has 0 aliphatic carbocycles. The molecule has 0 atom stereocenters. The van der Waals surface area contributed by atoms with Crippen LogP contribution in [-0.4, -0.2) is 9.78 Å². The average Bonchev–Trinajstić information content (AvgIpc) is 2.56. The molecule has 0 bridgehead atoms. The van der Waals surface area contributed by atoms with Crippen molar-refractivity contribution >= 4 is 17.3 Å². The van der Waals surface area contributed by atoms with Gasteiger partial charge in [0.2, 0.25) is 0 Å². The molecule has 19 heavy (non-hydrogen) atoms. The van der Waals surface area contributed by atoms with E-state index in [1.54, 1.807) is 13.8 Å². The summed E-state index contributed by atoms with van der Waals surface area (Å²) >= 11 is 5.98. The third-order valence-corrected chi connectivity index (χ3v) is 3.34. The molecule has 1 aromatic carbocycles. The maximum absolute atomic E-state index is 12.8. The van der Waals surface area contributed by atoms with Gasteiger partial charge in [-0.2, -0.15) is 18.3 Å². The predicted molar refractivity (Wildman–Crippen MR) is 67.5 cm³/mol. The summed E-state index contributed by atoms with van der Waals surface area (Å²) in [6.45, 7) is 3.37. The summed E-state index contributed by atoms with van der Waals surface area (Å²) in [6, 6.07) is 3.65. The number of anilines is 1. The van der Waals surface area contributed by atoms with Crippen LogP contribution in [0.3, 0.4) is 0 Å². The molecule has 2 rings (SSSR count). The minimum Gasteiger partial charge on any atom is -0.398 e. The van der Waals surface area contributed by atoms with Gasteiger partial charge in [-0.05, 0) is 32.0 Å². The number of aromatic nitrogens is 2. The van der Waals surface area contributed by atoms with Gasteiger partial charge in [0.15, 0.2) is 0 Å². The Morgan fingerprint density at radius 1 is 1.26 bits per heavy atom. The van der Waals surface area contributed by atoms with Crippen molar-refractivity contribution in [2.24, 2.45) is 0 Å². The molecule has 0 fully saturated rings. The lowest BCUT2D eigenvalue weighted by Crippen LogP contribution is -2.10. The number of nitrogens with two attached hydrogens (primary N) is 1. The first-order valence-electron chi connectivity index (χ1n) is 5.40. The molecule has 0 saturated carbocycles. The molecule has 0 aliphatic heterocycles. The van der Waals surface area contributed by atoms with Crippen molar-refractivity contribution in [2.45, 2.75) is 20.0 Å². The Morgan fingerprint density at radius 3 is 2.37 bits per heavy atom. The lowest BCUT2D eigenvalue weighted by atomic mass is 10.1. The number of hydrogen-bond donors (Lipinski definition) is 1. The van der Waals surface area contributed by atoms with Crippen LogP contribution in [-0.2, 0) is 6.18 Å². The van der Waals surface area contributed by atoms with Crippen molar-refractivity contribution in [1.82, 2.24) is 9.78 Å². The van der Waals surface area contributed by atoms with Gasteiger partial charge in [-0.15, -0.1) is 0 Å². The minimum atomic E-state index is -4.50. The molecule has 7 heteroatoms. The number of benzene rings is 1. The number of nitrogens with zero attached hydrogens (tertiary/aromatic N) is 2. The predicted octanol–water partition coefficient (Wildman–Crippen LogP) is 3.74. The summed E-state index contributed by atoms with van der Waals surface area (Å²) in [5, 5.41) is 4.54. The molecule has 0 unspecified atom stereocenters. The molecule has 0 saturated heterocycles. The Kier molecular flexibility index (Phi) is 3.22. The SMILES string of the molecule is Cc1nn(-c2ccc(N)c(C(F)(F)F)c2)c(C)c1Cl. The second-order valence-electron chi connectivity index (χ2n) is 4.17. The van der Waals surface area contributed by atoms with Crippen molar-refractivity contribution in [3.05, 3.63) is 40.2 Å². The molecule has 3 nitrogen and oxygen atoms in total. The summed E-state index contributed by atoms with van der Waals surface area (Å²) in [5.41, 5.74) is 5.57. The molecule has 1 heterocycles. The van der Waals surface area contributed by atoms with Gasteiger partial charge in [-0.25, -0.2) is 4.68 Å². The summed E-state index contributed by atoms with van der Waals surface area (Å²) in [7, 11) is 0. The van der Waals surface area contributed by atoms with Crippen molar-refractivity contribution in [3.8, 4) is 5.69 Å². The number of hydrogen-bond acceptors (Lipinski definition) is 2. The van der Waals surface area contributed by atoms with Gasteiger partial charge in [0.05, 0.1) is 27.7 Å². The van der Waals surface area contributed by atoms with Crippen LogP contribution in [0, 0.1) is 13.8 Å². The van der Waals surface area contributed by atoms with E-state index in [0.717, 1.165) is 6.07 Å². The van der Waals surface area contributed by atoms with Crippen LogP contribution in [0.15, 0.2) is 18.2 Å². The molecule has 0 aliphatic rings. The topological polar surface area (TPSA) is 43.8 Å². The number of rotatable bonds is 1. The standard InChI is InChI=1S/C12H11ClF3N3/c1-6-11(13)7(2)19(18-6)8-3-4-10(17)9(5-8)12(14,15)16/h3-5H,17H2,1-2H3. The number of nitrogen functional groups attached to an aromatic ring is 1. The van der Waals surface area contributed by atoms with Crippen molar-refractivity contribution in [2.75, 3.05) is 5.73 Å². The first-order chi connectivity index (χ1) is 8.71. The van der Waals surface area contributed by atoms with Gasteiger partial charge < -0.3 is 5.73 Å². The maximum Gasteiger partial charge on any atom is 0.418 e. The van der Waals surface area contributed by atoms with E-state index in [-0.39, 0.29) is 11.4 Å². The van der Waals surface area contributed by atoms with E-state index in [4.69, 9.17) is 17.3 Å². The first-order valence-corrected chi connectivity index (χ1v) is 5.78. The highest BCUT2D eigenvalue weighted by Crippen LogP contribution is 2.35. The van der Waals surface area contributed by atoms with Crippen LogP contribution >= 0.6 is 11.6 Å². The van der Waals surface area contributed by atoms with Crippen molar-refractivity contribution in [1.29, 1.82) is 0 Å². The van der Waals surface area contributed by atoms with Gasteiger partial charge in [0.25, 0.3) is 0 Å². The van der Waals surface area contributed by atoms with Crippen molar-refractivity contribution in [3.63, 3.8) is 0 Å². The second-order valence-corrected chi connectivity index (χ2v) is 4.54. The third kappa shape index (κ3) is 2.40. The molecule has 102 valence electrons. The number of aryl methyl sites for hydroxylation is 1.